The summed E-state index contributed by atoms with van der Waals surface area (Å²) in [6, 6.07) is 19.7. The molecule has 3 aromatic rings. The highest BCUT2D eigenvalue weighted by Gasteiger charge is 2.35. The van der Waals surface area contributed by atoms with Crippen LogP contribution in [0.1, 0.15) is 41.2 Å². The Kier molecular flexibility index (Phi) is 7.36. The number of hydrogen-bond donors (Lipinski definition) is 2. The van der Waals surface area contributed by atoms with Gasteiger partial charge in [-0.1, -0.05) is 12.1 Å². The van der Waals surface area contributed by atoms with Crippen LogP contribution in [0.25, 0.3) is 0 Å². The van der Waals surface area contributed by atoms with Crippen LogP contribution < -0.4 is 21.1 Å². The van der Waals surface area contributed by atoms with Crippen molar-refractivity contribution in [2.75, 3.05) is 48.0 Å². The molecule has 2 N–H and O–H groups in total. The number of carbonyl (C=O) groups excluding carboxylic acids is 1. The summed E-state index contributed by atoms with van der Waals surface area (Å²) in [6.07, 6.45) is 5.24. The van der Waals surface area contributed by atoms with E-state index in [4.69, 9.17) is 12.2 Å². The molecule has 6 rings (SSSR count). The molecule has 0 saturated carbocycles. The number of aromatic nitrogens is 1. The van der Waals surface area contributed by atoms with E-state index in [-0.39, 0.29) is 17.4 Å². The van der Waals surface area contributed by atoms with Crippen molar-refractivity contribution in [3.63, 3.8) is 0 Å². The van der Waals surface area contributed by atoms with E-state index < -0.39 is 0 Å². The molecule has 0 radical (unpaired) electrons. The molecule has 0 unspecified atom stereocenters. The second kappa shape index (κ2) is 11.1. The number of thioether (sulfide) groups is 1. The Morgan fingerprint density at radius 1 is 0.974 bits per heavy atom. The Balaban J connectivity index is 1.29. The molecule has 2 atom stereocenters. The number of anilines is 3. The van der Waals surface area contributed by atoms with Crippen LogP contribution in [0.15, 0.2) is 70.4 Å². The van der Waals surface area contributed by atoms with E-state index >= 15 is 0 Å². The zero-order valence-corrected chi connectivity index (χ0v) is 23.7. The monoisotopic (exact) mass is 559 g/mol. The van der Waals surface area contributed by atoms with Crippen molar-refractivity contribution in [3.8, 4) is 0 Å². The maximum atomic E-state index is 13.3. The summed E-state index contributed by atoms with van der Waals surface area (Å²) in [5.74, 6) is 0.733. The molecule has 3 aliphatic heterocycles. The minimum atomic E-state index is 0.0671. The Hall–Kier alpha value is -3.30. The van der Waals surface area contributed by atoms with Crippen LogP contribution in [0.2, 0.25) is 0 Å². The predicted octanol–water partition coefficient (Wildman–Crippen LogP) is 5.24. The number of rotatable bonds is 5. The van der Waals surface area contributed by atoms with Gasteiger partial charge in [0.15, 0.2) is 5.11 Å². The van der Waals surface area contributed by atoms with Gasteiger partial charge in [-0.3, -0.25) is 9.59 Å². The highest BCUT2D eigenvalue weighted by atomic mass is 32.2. The number of carbonyl (C=O) groups is 1. The summed E-state index contributed by atoms with van der Waals surface area (Å²) in [7, 11) is 0. The van der Waals surface area contributed by atoms with Crippen molar-refractivity contribution in [3.05, 3.63) is 82.3 Å². The van der Waals surface area contributed by atoms with Gasteiger partial charge in [0.05, 0.1) is 11.4 Å². The number of fused-ring (bicyclic) bond motifs is 4. The van der Waals surface area contributed by atoms with Crippen molar-refractivity contribution >= 4 is 52.1 Å². The molecular weight excluding hydrogens is 526 g/mol. The highest BCUT2D eigenvalue weighted by Crippen LogP contribution is 2.39. The molecule has 1 aromatic heterocycles. The molecule has 3 aliphatic rings. The van der Waals surface area contributed by atoms with E-state index in [0.717, 1.165) is 79.6 Å². The number of amides is 1. The van der Waals surface area contributed by atoms with E-state index in [2.05, 4.69) is 39.8 Å². The van der Waals surface area contributed by atoms with Gasteiger partial charge >= 0.3 is 0 Å². The van der Waals surface area contributed by atoms with Crippen LogP contribution in [0.4, 0.5) is 17.1 Å². The fourth-order valence-electron chi connectivity index (χ4n) is 6.23. The smallest absolute Gasteiger partial charge is 0.253 e. The van der Waals surface area contributed by atoms with Gasteiger partial charge in [-0.25, -0.2) is 0 Å². The molecule has 0 spiro atoms. The lowest BCUT2D eigenvalue weighted by atomic mass is 9.83. The molecule has 0 aliphatic carbocycles. The third-order valence-corrected chi connectivity index (χ3v) is 8.96. The van der Waals surface area contributed by atoms with Crippen LogP contribution in [-0.4, -0.2) is 52.9 Å². The summed E-state index contributed by atoms with van der Waals surface area (Å²) >= 11 is 7.42. The number of hydrogen-bond acceptors (Lipinski definition) is 5. The second-order valence-corrected chi connectivity index (χ2v) is 11.9. The SMILES string of the molecule is CSc1cccc(NC(=S)Nc2cc(C(=O)N3CCCC3)ccc2N2C[C@H]3C[C@@H](C2)c2cccc(=O)n2C3)c1. The largest absolute Gasteiger partial charge is 0.369 e. The molecule has 7 nitrogen and oxygen atoms in total. The molecule has 39 heavy (non-hydrogen) atoms. The van der Waals surface area contributed by atoms with Gasteiger partial charge in [0.25, 0.3) is 11.5 Å². The number of piperidine rings is 1. The second-order valence-electron chi connectivity index (χ2n) is 10.6. The predicted molar refractivity (Wildman–Crippen MR) is 163 cm³/mol. The van der Waals surface area contributed by atoms with E-state index in [0.29, 0.717) is 16.6 Å². The average Bonchev–Trinajstić information content (AvgIpc) is 3.48. The molecule has 2 bridgehead atoms. The van der Waals surface area contributed by atoms with E-state index in [1.165, 1.54) is 0 Å². The van der Waals surface area contributed by atoms with Crippen molar-refractivity contribution in [2.45, 2.75) is 36.6 Å². The van der Waals surface area contributed by atoms with Crippen LogP contribution in [0, 0.1) is 5.92 Å². The average molecular weight is 560 g/mol. The molecule has 2 fully saturated rings. The Labute approximate surface area is 238 Å². The first kappa shape index (κ1) is 26.0. The van der Waals surface area contributed by atoms with Crippen molar-refractivity contribution in [1.82, 2.24) is 9.47 Å². The van der Waals surface area contributed by atoms with E-state index in [1.807, 2.05) is 46.1 Å². The fraction of sp³-hybridized carbons (Fsp3) is 0.367. The van der Waals surface area contributed by atoms with Gasteiger partial charge in [0.1, 0.15) is 0 Å². The zero-order chi connectivity index (χ0) is 26.9. The van der Waals surface area contributed by atoms with Crippen molar-refractivity contribution < 1.29 is 4.79 Å². The van der Waals surface area contributed by atoms with Gasteiger partial charge < -0.3 is 25.0 Å². The van der Waals surface area contributed by atoms with Crippen LogP contribution in [0.3, 0.4) is 0 Å². The lowest BCUT2D eigenvalue weighted by molar-refractivity contribution is 0.0793. The van der Waals surface area contributed by atoms with E-state index in [1.54, 1.807) is 17.8 Å². The minimum absolute atomic E-state index is 0.0671. The molecule has 4 heterocycles. The Morgan fingerprint density at radius 3 is 2.62 bits per heavy atom. The summed E-state index contributed by atoms with van der Waals surface area (Å²) in [4.78, 5) is 31.2. The molecule has 1 amide bonds. The maximum absolute atomic E-state index is 13.3. The fourth-order valence-corrected chi connectivity index (χ4v) is 6.91. The van der Waals surface area contributed by atoms with Gasteiger partial charge in [0.2, 0.25) is 0 Å². The van der Waals surface area contributed by atoms with E-state index in [9.17, 15) is 9.59 Å². The molecule has 202 valence electrons. The standard InChI is InChI=1S/C30H33N5O2S2/c1-39-24-7-4-6-23(16-24)31-30(38)32-25-15-21(29(37)33-12-2-3-13-33)10-11-27(25)34-17-20-14-22(19-34)26-8-5-9-28(36)35(26)18-20/h4-11,15-16,20,22H,2-3,12-14,17-19H2,1H3,(H2,31,32,38)/t20-,22+/m1/s1. The quantitative estimate of drug-likeness (QED) is 0.327. The Morgan fingerprint density at radius 2 is 1.79 bits per heavy atom. The molecule has 9 heteroatoms. The summed E-state index contributed by atoms with van der Waals surface area (Å²) < 4.78 is 1.95. The number of benzene rings is 2. The lowest BCUT2D eigenvalue weighted by Crippen LogP contribution is -2.47. The third-order valence-electron chi connectivity index (χ3n) is 8.03. The molecular formula is C30H33N5O2S2. The number of thiocarbonyl (C=S) groups is 1. The summed E-state index contributed by atoms with van der Waals surface area (Å²) in [5, 5.41) is 7.21. The van der Waals surface area contributed by atoms with Crippen molar-refractivity contribution in [1.29, 1.82) is 0 Å². The van der Waals surface area contributed by atoms with Crippen LogP contribution in [-0.2, 0) is 6.54 Å². The minimum Gasteiger partial charge on any atom is -0.369 e. The van der Waals surface area contributed by atoms with Crippen LogP contribution in [0.5, 0.6) is 0 Å². The summed E-state index contributed by atoms with van der Waals surface area (Å²) in [6.45, 7) is 4.01. The van der Waals surface area contributed by atoms with Gasteiger partial charge in [-0.2, -0.15) is 0 Å². The number of pyridine rings is 1. The third kappa shape index (κ3) is 5.43. The lowest BCUT2D eigenvalue weighted by Gasteiger charge is -2.44. The van der Waals surface area contributed by atoms with Crippen molar-refractivity contribution in [2.24, 2.45) is 5.92 Å². The molecule has 2 saturated heterocycles. The first-order valence-electron chi connectivity index (χ1n) is 13.6. The number of likely N-dealkylation sites (tertiary alicyclic amines) is 1. The first-order chi connectivity index (χ1) is 19.0. The summed E-state index contributed by atoms with van der Waals surface area (Å²) in [5.41, 5.74) is 4.64. The van der Waals surface area contributed by atoms with Crippen LogP contribution >= 0.6 is 24.0 Å². The topological polar surface area (TPSA) is 69.6 Å². The maximum Gasteiger partial charge on any atom is 0.253 e. The number of nitrogens with zero attached hydrogens (tertiary/aromatic N) is 3. The van der Waals surface area contributed by atoms with Gasteiger partial charge in [-0.05, 0) is 86.1 Å². The zero-order valence-electron chi connectivity index (χ0n) is 22.1. The van der Waals surface area contributed by atoms with Gasteiger partial charge in [-0.15, -0.1) is 11.8 Å². The van der Waals surface area contributed by atoms with Gasteiger partial charge in [0, 0.05) is 66.5 Å². The highest BCUT2D eigenvalue weighted by molar-refractivity contribution is 7.98. The normalized spacial score (nSPS) is 19.9. The first-order valence-corrected chi connectivity index (χ1v) is 15.2. The molecule has 2 aromatic carbocycles. The number of nitrogens with one attached hydrogen (secondary N) is 2. The Bertz CT molecular complexity index is 1470.